The Bertz CT molecular complexity index is 363. The number of anilines is 1. The van der Waals surface area contributed by atoms with E-state index >= 15 is 0 Å². The predicted octanol–water partition coefficient (Wildman–Crippen LogP) is 3.13. The molecule has 0 amide bonds. The van der Waals surface area contributed by atoms with Crippen molar-refractivity contribution in [2.24, 2.45) is 5.92 Å². The van der Waals surface area contributed by atoms with Gasteiger partial charge in [-0.1, -0.05) is 19.3 Å². The lowest BCUT2D eigenvalue weighted by atomic mass is 9.82. The molecule has 0 saturated heterocycles. The largest absolute Gasteiger partial charge is 0.370 e. The Hall–Kier alpha value is -0.990. The summed E-state index contributed by atoms with van der Waals surface area (Å²) >= 11 is 0. The van der Waals surface area contributed by atoms with Gasteiger partial charge < -0.3 is 5.32 Å². The van der Waals surface area contributed by atoms with Crippen molar-refractivity contribution in [2.75, 3.05) is 11.9 Å². The van der Waals surface area contributed by atoms with Crippen molar-refractivity contribution in [1.29, 1.82) is 0 Å². The minimum absolute atomic E-state index is 0.658. The fourth-order valence-corrected chi connectivity index (χ4v) is 3.33. The number of hydrogen-bond acceptors (Lipinski definition) is 2. The molecule has 1 unspecified atom stereocenters. The van der Waals surface area contributed by atoms with E-state index in [0.717, 1.165) is 18.2 Å². The van der Waals surface area contributed by atoms with E-state index in [9.17, 15) is 0 Å². The van der Waals surface area contributed by atoms with Crippen LogP contribution in [0.3, 0.4) is 0 Å². The summed E-state index contributed by atoms with van der Waals surface area (Å²) in [4.78, 5) is 0. The maximum absolute atomic E-state index is 4.66. The molecule has 0 aromatic carbocycles. The molecule has 2 aliphatic rings. The Morgan fingerprint density at radius 2 is 2.06 bits per heavy atom. The molecule has 1 fully saturated rings. The molecule has 0 radical (unpaired) electrons. The van der Waals surface area contributed by atoms with E-state index in [1.165, 1.54) is 44.3 Å². The second-order valence-electron chi connectivity index (χ2n) is 5.30. The predicted molar refractivity (Wildman–Crippen MR) is 65.7 cm³/mol. The third-order valence-electron chi connectivity index (χ3n) is 4.11. The zero-order valence-corrected chi connectivity index (χ0v) is 10.1. The third-order valence-corrected chi connectivity index (χ3v) is 4.11. The number of nitrogens with zero attached hydrogens (tertiary/aromatic N) is 2. The van der Waals surface area contributed by atoms with Crippen LogP contribution in [0.5, 0.6) is 0 Å². The number of aromatic nitrogens is 2. The summed E-state index contributed by atoms with van der Waals surface area (Å²) in [5, 5.41) is 8.11. The van der Waals surface area contributed by atoms with Gasteiger partial charge in [-0.2, -0.15) is 5.10 Å². The van der Waals surface area contributed by atoms with Gasteiger partial charge in [-0.25, -0.2) is 4.68 Å². The van der Waals surface area contributed by atoms with Gasteiger partial charge in [-0.15, -0.1) is 0 Å². The molecule has 0 spiro atoms. The molecule has 16 heavy (non-hydrogen) atoms. The normalized spacial score (nSPS) is 26.2. The van der Waals surface area contributed by atoms with Crippen molar-refractivity contribution >= 4 is 5.82 Å². The van der Waals surface area contributed by atoms with Crippen LogP contribution in [0.2, 0.25) is 0 Å². The first kappa shape index (κ1) is 10.2. The van der Waals surface area contributed by atoms with Gasteiger partial charge in [0, 0.05) is 12.6 Å². The van der Waals surface area contributed by atoms with Crippen LogP contribution >= 0.6 is 0 Å². The van der Waals surface area contributed by atoms with Crippen molar-refractivity contribution in [3.63, 3.8) is 0 Å². The fraction of sp³-hybridized carbons (Fsp3) is 0.769. The van der Waals surface area contributed by atoms with Gasteiger partial charge >= 0.3 is 0 Å². The van der Waals surface area contributed by atoms with Crippen molar-refractivity contribution in [2.45, 2.75) is 51.5 Å². The molecule has 1 aromatic rings. The highest BCUT2D eigenvalue weighted by Gasteiger charge is 2.29. The summed E-state index contributed by atoms with van der Waals surface area (Å²) in [6, 6.07) is 2.83. The van der Waals surface area contributed by atoms with Gasteiger partial charge in [0.25, 0.3) is 0 Å². The molecule has 1 aliphatic heterocycles. The quantitative estimate of drug-likeness (QED) is 0.786. The van der Waals surface area contributed by atoms with Crippen LogP contribution in [0, 0.1) is 12.8 Å². The number of aryl methyl sites for hydroxylation is 1. The number of hydrogen-bond donors (Lipinski definition) is 1. The molecule has 0 bridgehead atoms. The Kier molecular flexibility index (Phi) is 2.62. The topological polar surface area (TPSA) is 29.9 Å². The Morgan fingerprint density at radius 3 is 2.88 bits per heavy atom. The average Bonchev–Trinajstić information content (AvgIpc) is 2.70. The smallest absolute Gasteiger partial charge is 0.124 e. The van der Waals surface area contributed by atoms with Gasteiger partial charge in [0.05, 0.1) is 11.7 Å². The summed E-state index contributed by atoms with van der Waals surface area (Å²) in [6.45, 7) is 3.21. The van der Waals surface area contributed by atoms with E-state index in [-0.39, 0.29) is 0 Å². The van der Waals surface area contributed by atoms with Gasteiger partial charge in [-0.05, 0) is 32.1 Å². The molecule has 1 aliphatic carbocycles. The highest BCUT2D eigenvalue weighted by Crippen LogP contribution is 2.37. The Morgan fingerprint density at radius 1 is 1.25 bits per heavy atom. The molecular weight excluding hydrogens is 198 g/mol. The molecule has 3 rings (SSSR count). The zero-order chi connectivity index (χ0) is 11.0. The summed E-state index contributed by atoms with van der Waals surface area (Å²) in [6.07, 6.45) is 8.34. The minimum atomic E-state index is 0.658. The second kappa shape index (κ2) is 4.11. The summed E-state index contributed by atoms with van der Waals surface area (Å²) in [5.74, 6) is 2.10. The molecular formula is C13H21N3. The fourth-order valence-electron chi connectivity index (χ4n) is 3.33. The SMILES string of the molecule is Cc1cc2n(n1)C(C1CCCCC1)CCN2. The third kappa shape index (κ3) is 1.72. The van der Waals surface area contributed by atoms with Crippen molar-refractivity contribution in [3.8, 4) is 0 Å². The Labute approximate surface area is 97.2 Å². The van der Waals surface area contributed by atoms with E-state index in [1.807, 2.05) is 0 Å². The van der Waals surface area contributed by atoms with Crippen LogP contribution in [-0.4, -0.2) is 16.3 Å². The molecule has 1 atom stereocenters. The second-order valence-corrected chi connectivity index (χ2v) is 5.30. The molecule has 3 heteroatoms. The Balaban J connectivity index is 1.85. The van der Waals surface area contributed by atoms with Crippen LogP contribution in [-0.2, 0) is 0 Å². The van der Waals surface area contributed by atoms with Crippen molar-refractivity contribution < 1.29 is 0 Å². The molecule has 2 heterocycles. The molecule has 3 nitrogen and oxygen atoms in total. The molecule has 1 N–H and O–H groups in total. The van der Waals surface area contributed by atoms with Gasteiger partial charge in [0.15, 0.2) is 0 Å². The van der Waals surface area contributed by atoms with Gasteiger partial charge in [0.1, 0.15) is 5.82 Å². The standard InChI is InChI=1S/C13H21N3/c1-10-9-13-14-8-7-12(16(13)15-10)11-5-3-2-4-6-11/h9,11-12,14H,2-8H2,1H3. The summed E-state index contributed by atoms with van der Waals surface area (Å²) in [7, 11) is 0. The van der Waals surface area contributed by atoms with E-state index < -0.39 is 0 Å². The first-order valence-corrected chi connectivity index (χ1v) is 6.64. The van der Waals surface area contributed by atoms with Gasteiger partial charge in [0.2, 0.25) is 0 Å². The van der Waals surface area contributed by atoms with Crippen LogP contribution in [0.1, 0.15) is 50.3 Å². The summed E-state index contributed by atoms with van der Waals surface area (Å²) < 4.78 is 2.26. The minimum Gasteiger partial charge on any atom is -0.370 e. The highest BCUT2D eigenvalue weighted by atomic mass is 15.4. The van der Waals surface area contributed by atoms with Gasteiger partial charge in [-0.3, -0.25) is 0 Å². The van der Waals surface area contributed by atoms with Crippen LogP contribution in [0.15, 0.2) is 6.07 Å². The average molecular weight is 219 g/mol. The van der Waals surface area contributed by atoms with Crippen molar-refractivity contribution in [3.05, 3.63) is 11.8 Å². The lowest BCUT2D eigenvalue weighted by molar-refractivity contribution is 0.222. The summed E-state index contributed by atoms with van der Waals surface area (Å²) in [5.41, 5.74) is 1.14. The van der Waals surface area contributed by atoms with Crippen LogP contribution in [0.4, 0.5) is 5.82 Å². The van der Waals surface area contributed by atoms with E-state index in [4.69, 9.17) is 0 Å². The van der Waals surface area contributed by atoms with Crippen LogP contribution < -0.4 is 5.32 Å². The lowest BCUT2D eigenvalue weighted by Gasteiger charge is -2.34. The lowest BCUT2D eigenvalue weighted by Crippen LogP contribution is -2.30. The first-order valence-electron chi connectivity index (χ1n) is 6.64. The molecule has 1 aromatic heterocycles. The highest BCUT2D eigenvalue weighted by molar-refractivity contribution is 5.39. The van der Waals surface area contributed by atoms with E-state index in [0.29, 0.717) is 6.04 Å². The number of rotatable bonds is 1. The maximum atomic E-state index is 4.66. The number of nitrogens with one attached hydrogen (secondary N) is 1. The van der Waals surface area contributed by atoms with Crippen molar-refractivity contribution in [1.82, 2.24) is 9.78 Å². The van der Waals surface area contributed by atoms with Crippen LogP contribution in [0.25, 0.3) is 0 Å². The molecule has 1 saturated carbocycles. The van der Waals surface area contributed by atoms with E-state index in [1.54, 1.807) is 0 Å². The van der Waals surface area contributed by atoms with E-state index in [2.05, 4.69) is 28.1 Å². The monoisotopic (exact) mass is 219 g/mol. The molecule has 88 valence electrons. The number of fused-ring (bicyclic) bond motifs is 1. The first-order chi connectivity index (χ1) is 7.84. The maximum Gasteiger partial charge on any atom is 0.124 e. The zero-order valence-electron chi connectivity index (χ0n) is 10.1.